The molecule has 0 aromatic carbocycles. The first kappa shape index (κ1) is 17.8. The van der Waals surface area contributed by atoms with Crippen molar-refractivity contribution in [2.75, 3.05) is 0 Å². The fraction of sp³-hybridized carbons (Fsp3) is 0.0769. The van der Waals surface area contributed by atoms with Crippen molar-refractivity contribution in [2.24, 2.45) is 0 Å². The molecule has 0 aliphatic heterocycles. The molecule has 0 saturated heterocycles. The standard InChI is InChI=1S/C13H5Cl2F3N4O2/c14-8-3-7(13(16,17)18)11(15)21-12(8)22-9(1-2-10(23)24)6(4-19)5-20-22/h1-3,5H,(H,23,24)/b2-1+. The van der Waals surface area contributed by atoms with Gasteiger partial charge in [0.25, 0.3) is 0 Å². The molecule has 124 valence electrons. The Hall–Kier alpha value is -2.57. The Balaban J connectivity index is 2.66. The van der Waals surface area contributed by atoms with Crippen molar-refractivity contribution in [2.45, 2.75) is 6.18 Å². The molecule has 0 fully saturated rings. The molecule has 2 aromatic rings. The van der Waals surface area contributed by atoms with Crippen LogP contribution in [0.2, 0.25) is 10.2 Å². The summed E-state index contributed by atoms with van der Waals surface area (Å²) in [5, 5.41) is 20.2. The first-order valence-corrected chi connectivity index (χ1v) is 6.73. The number of nitriles is 1. The summed E-state index contributed by atoms with van der Waals surface area (Å²) in [5.41, 5.74) is -1.28. The first-order chi connectivity index (χ1) is 11.1. The van der Waals surface area contributed by atoms with Crippen LogP contribution in [0.25, 0.3) is 11.9 Å². The summed E-state index contributed by atoms with van der Waals surface area (Å²) < 4.78 is 39.3. The van der Waals surface area contributed by atoms with Gasteiger partial charge in [0.15, 0.2) is 5.82 Å². The Morgan fingerprint density at radius 1 is 1.42 bits per heavy atom. The molecular weight excluding hydrogens is 372 g/mol. The van der Waals surface area contributed by atoms with Crippen LogP contribution in [0.5, 0.6) is 0 Å². The number of hydrogen-bond donors (Lipinski definition) is 1. The molecule has 0 amide bonds. The van der Waals surface area contributed by atoms with Gasteiger partial charge < -0.3 is 5.11 Å². The van der Waals surface area contributed by atoms with Crippen LogP contribution in [0, 0.1) is 11.3 Å². The van der Waals surface area contributed by atoms with Crippen molar-refractivity contribution in [3.63, 3.8) is 0 Å². The largest absolute Gasteiger partial charge is 0.478 e. The zero-order valence-electron chi connectivity index (χ0n) is 11.3. The molecule has 0 aliphatic rings. The van der Waals surface area contributed by atoms with Gasteiger partial charge >= 0.3 is 12.1 Å². The average molecular weight is 377 g/mol. The van der Waals surface area contributed by atoms with Gasteiger partial charge in [-0.15, -0.1) is 0 Å². The summed E-state index contributed by atoms with van der Waals surface area (Å²) in [7, 11) is 0. The third-order valence-corrected chi connectivity index (χ3v) is 3.29. The van der Waals surface area contributed by atoms with E-state index in [4.69, 9.17) is 33.6 Å². The van der Waals surface area contributed by atoms with Gasteiger partial charge in [0.2, 0.25) is 0 Å². The van der Waals surface area contributed by atoms with Gasteiger partial charge in [-0.3, -0.25) is 0 Å². The lowest BCUT2D eigenvalue weighted by Crippen LogP contribution is -2.10. The van der Waals surface area contributed by atoms with Crippen LogP contribution in [-0.4, -0.2) is 25.8 Å². The van der Waals surface area contributed by atoms with E-state index in [1.165, 1.54) is 0 Å². The molecule has 0 aliphatic carbocycles. The van der Waals surface area contributed by atoms with Crippen molar-refractivity contribution in [1.82, 2.24) is 14.8 Å². The van der Waals surface area contributed by atoms with E-state index in [0.29, 0.717) is 6.07 Å². The minimum atomic E-state index is -4.75. The van der Waals surface area contributed by atoms with E-state index in [-0.39, 0.29) is 17.1 Å². The van der Waals surface area contributed by atoms with Crippen LogP contribution in [0.15, 0.2) is 18.3 Å². The lowest BCUT2D eigenvalue weighted by Gasteiger charge is -2.12. The molecular formula is C13H5Cl2F3N4O2. The smallest absolute Gasteiger partial charge is 0.419 e. The maximum atomic E-state index is 12.8. The molecule has 0 spiro atoms. The van der Waals surface area contributed by atoms with Gasteiger partial charge in [-0.1, -0.05) is 23.2 Å². The van der Waals surface area contributed by atoms with Crippen molar-refractivity contribution < 1.29 is 23.1 Å². The minimum Gasteiger partial charge on any atom is -0.478 e. The van der Waals surface area contributed by atoms with Gasteiger partial charge in [-0.05, 0) is 12.1 Å². The number of carboxylic acid groups (broad SMARTS) is 1. The molecule has 0 bridgehead atoms. The van der Waals surface area contributed by atoms with E-state index < -0.39 is 27.9 Å². The highest BCUT2D eigenvalue weighted by Crippen LogP contribution is 2.37. The maximum Gasteiger partial charge on any atom is 0.419 e. The lowest BCUT2D eigenvalue weighted by molar-refractivity contribution is -0.137. The zero-order valence-corrected chi connectivity index (χ0v) is 12.9. The molecule has 0 atom stereocenters. The van der Waals surface area contributed by atoms with Crippen LogP contribution >= 0.6 is 23.2 Å². The second-order valence-electron chi connectivity index (χ2n) is 4.27. The molecule has 0 unspecified atom stereocenters. The highest BCUT2D eigenvalue weighted by Gasteiger charge is 2.35. The summed E-state index contributed by atoms with van der Waals surface area (Å²) in [6.45, 7) is 0. The van der Waals surface area contributed by atoms with E-state index in [2.05, 4.69) is 10.1 Å². The Morgan fingerprint density at radius 3 is 2.62 bits per heavy atom. The average Bonchev–Trinajstić information content (AvgIpc) is 2.88. The number of carbonyl (C=O) groups is 1. The number of pyridine rings is 1. The summed E-state index contributed by atoms with van der Waals surface area (Å²) in [4.78, 5) is 14.2. The van der Waals surface area contributed by atoms with E-state index in [1.54, 1.807) is 6.07 Å². The third kappa shape index (κ3) is 3.50. The van der Waals surface area contributed by atoms with Crippen LogP contribution in [0.3, 0.4) is 0 Å². The summed E-state index contributed by atoms with van der Waals surface area (Å²) >= 11 is 11.4. The van der Waals surface area contributed by atoms with E-state index in [0.717, 1.165) is 23.0 Å². The number of nitrogens with zero attached hydrogens (tertiary/aromatic N) is 4. The predicted molar refractivity (Wildman–Crippen MR) is 77.8 cm³/mol. The Bertz CT molecular complexity index is 885. The van der Waals surface area contributed by atoms with Crippen LogP contribution in [0.4, 0.5) is 13.2 Å². The number of hydrogen-bond acceptors (Lipinski definition) is 4. The molecule has 2 heterocycles. The SMILES string of the molecule is N#Cc1cnn(-c2nc(Cl)c(C(F)(F)F)cc2Cl)c1/C=C/C(=O)O. The summed E-state index contributed by atoms with van der Waals surface area (Å²) in [5.74, 6) is -1.57. The van der Waals surface area contributed by atoms with Crippen LogP contribution < -0.4 is 0 Å². The van der Waals surface area contributed by atoms with Crippen molar-refractivity contribution in [1.29, 1.82) is 5.26 Å². The first-order valence-electron chi connectivity index (χ1n) is 5.98. The highest BCUT2D eigenvalue weighted by atomic mass is 35.5. The molecule has 2 rings (SSSR count). The third-order valence-electron chi connectivity index (χ3n) is 2.73. The molecule has 24 heavy (non-hydrogen) atoms. The molecule has 6 nitrogen and oxygen atoms in total. The Kier molecular flexibility index (Phi) is 4.82. The molecule has 1 N–H and O–H groups in total. The van der Waals surface area contributed by atoms with Crippen LogP contribution in [-0.2, 0) is 11.0 Å². The molecule has 0 saturated carbocycles. The fourth-order valence-electron chi connectivity index (χ4n) is 1.73. The number of carboxylic acids is 1. The number of aromatic nitrogens is 3. The Labute approximate surface area is 142 Å². The number of rotatable bonds is 3. The van der Waals surface area contributed by atoms with Crippen molar-refractivity contribution >= 4 is 35.2 Å². The molecule has 11 heteroatoms. The van der Waals surface area contributed by atoms with Crippen molar-refractivity contribution in [3.8, 4) is 11.9 Å². The topological polar surface area (TPSA) is 91.8 Å². The number of alkyl halides is 3. The van der Waals surface area contributed by atoms with Crippen molar-refractivity contribution in [3.05, 3.63) is 45.3 Å². The highest BCUT2D eigenvalue weighted by molar-refractivity contribution is 6.34. The van der Waals surface area contributed by atoms with Gasteiger partial charge in [0.05, 0.1) is 28.0 Å². The van der Waals surface area contributed by atoms with Gasteiger partial charge in [0, 0.05) is 6.08 Å². The summed E-state index contributed by atoms with van der Waals surface area (Å²) in [6.07, 6.45) is -1.89. The van der Waals surface area contributed by atoms with E-state index in [9.17, 15) is 18.0 Å². The lowest BCUT2D eigenvalue weighted by atomic mass is 10.2. The predicted octanol–water partition coefficient (Wildman–Crippen LogP) is 3.56. The number of aliphatic carboxylic acids is 1. The fourth-order valence-corrected chi connectivity index (χ4v) is 2.20. The minimum absolute atomic E-state index is 0.0230. The van der Waals surface area contributed by atoms with Gasteiger partial charge in [-0.25, -0.2) is 14.5 Å². The van der Waals surface area contributed by atoms with E-state index >= 15 is 0 Å². The second kappa shape index (κ2) is 6.51. The van der Waals surface area contributed by atoms with Gasteiger partial charge in [-0.2, -0.15) is 23.5 Å². The maximum absolute atomic E-state index is 12.8. The zero-order chi connectivity index (χ0) is 18.1. The second-order valence-corrected chi connectivity index (χ2v) is 5.03. The summed E-state index contributed by atoms with van der Waals surface area (Å²) in [6, 6.07) is 2.34. The number of halogens is 5. The molecule has 2 aromatic heterocycles. The van der Waals surface area contributed by atoms with Gasteiger partial charge in [0.1, 0.15) is 11.2 Å². The van der Waals surface area contributed by atoms with Crippen LogP contribution in [0.1, 0.15) is 16.8 Å². The molecule has 0 radical (unpaired) electrons. The quantitative estimate of drug-likeness (QED) is 0.652. The normalized spacial score (nSPS) is 11.7. The monoisotopic (exact) mass is 376 g/mol. The van der Waals surface area contributed by atoms with E-state index in [1.807, 2.05) is 0 Å². The Morgan fingerprint density at radius 2 is 2.08 bits per heavy atom.